The molecule has 1 nitrogen and oxygen atoms in total. The van der Waals surface area contributed by atoms with Crippen molar-refractivity contribution in [2.75, 3.05) is 4.90 Å². The maximum atomic E-state index is 2.42. The van der Waals surface area contributed by atoms with Gasteiger partial charge in [-0.25, -0.2) is 0 Å². The molecule has 8 aromatic rings. The summed E-state index contributed by atoms with van der Waals surface area (Å²) in [5, 5.41) is 0. The van der Waals surface area contributed by atoms with E-state index >= 15 is 0 Å². The van der Waals surface area contributed by atoms with Gasteiger partial charge < -0.3 is 4.90 Å². The van der Waals surface area contributed by atoms with Gasteiger partial charge in [0, 0.05) is 28.4 Å². The van der Waals surface area contributed by atoms with Crippen LogP contribution in [0.4, 0.5) is 17.1 Å². The van der Waals surface area contributed by atoms with Gasteiger partial charge in [0.15, 0.2) is 0 Å². The van der Waals surface area contributed by atoms with Crippen molar-refractivity contribution in [1.82, 2.24) is 0 Å². The van der Waals surface area contributed by atoms with Crippen molar-refractivity contribution < 1.29 is 0 Å². The van der Waals surface area contributed by atoms with E-state index in [0.29, 0.717) is 0 Å². The summed E-state index contributed by atoms with van der Waals surface area (Å²) in [7, 11) is 0. The smallest absolute Gasteiger partial charge is 0.0465 e. The number of anilines is 3. The average Bonchev–Trinajstić information content (AvgIpc) is 3.73. The molecule has 1 heteroatoms. The van der Waals surface area contributed by atoms with E-state index in [1.165, 1.54) is 66.8 Å². The minimum absolute atomic E-state index is 0.166. The van der Waals surface area contributed by atoms with Gasteiger partial charge in [-0.05, 0) is 109 Å². The molecule has 2 aliphatic carbocycles. The second-order valence-electron chi connectivity index (χ2n) is 16.2. The molecule has 0 saturated heterocycles. The summed E-state index contributed by atoms with van der Waals surface area (Å²) >= 11 is 0. The zero-order valence-corrected chi connectivity index (χ0v) is 33.5. The maximum absolute atomic E-state index is 2.42. The Morgan fingerprint density at radius 3 is 1.32 bits per heavy atom. The molecule has 0 bridgehead atoms. The molecule has 2 aliphatic rings. The Labute approximate surface area is 348 Å². The molecule has 0 saturated carbocycles. The van der Waals surface area contributed by atoms with Crippen LogP contribution in [0.15, 0.2) is 200 Å². The number of hydrogen-bond acceptors (Lipinski definition) is 1. The number of benzene rings is 8. The first-order valence-corrected chi connectivity index (χ1v) is 20.6. The topological polar surface area (TPSA) is 3.24 Å². The number of hydrogen-bond donors (Lipinski definition) is 0. The third kappa shape index (κ3) is 6.96. The third-order valence-electron chi connectivity index (χ3n) is 12.1. The highest BCUT2D eigenvalue weighted by atomic mass is 15.1. The Morgan fingerprint density at radius 2 is 0.763 bits per heavy atom. The van der Waals surface area contributed by atoms with Crippen molar-refractivity contribution >= 4 is 47.4 Å². The van der Waals surface area contributed by atoms with Crippen LogP contribution in [-0.4, -0.2) is 0 Å². The molecule has 0 atom stereocenters. The van der Waals surface area contributed by atoms with E-state index in [2.05, 4.69) is 249 Å². The van der Waals surface area contributed by atoms with Crippen LogP contribution in [0.25, 0.3) is 52.6 Å². The quantitative estimate of drug-likeness (QED) is 0.133. The van der Waals surface area contributed by atoms with Gasteiger partial charge >= 0.3 is 0 Å². The predicted octanol–water partition coefficient (Wildman–Crippen LogP) is 15.6. The molecule has 0 spiro atoms. The van der Waals surface area contributed by atoms with Crippen molar-refractivity contribution in [1.29, 1.82) is 0 Å². The predicted molar refractivity (Wildman–Crippen MR) is 252 cm³/mol. The van der Waals surface area contributed by atoms with Crippen molar-refractivity contribution in [3.8, 4) is 22.3 Å². The molecule has 8 aromatic carbocycles. The fourth-order valence-electron chi connectivity index (χ4n) is 9.02. The zero-order valence-electron chi connectivity index (χ0n) is 33.5. The lowest BCUT2D eigenvalue weighted by molar-refractivity contribution is 0.660. The van der Waals surface area contributed by atoms with Crippen LogP contribution in [0.2, 0.25) is 0 Å². The number of nitrogens with zero attached hydrogens (tertiary/aromatic N) is 1. The standard InChI is InChI=1S/C58H45N/c1-58(2)56-39-45(24-23-42-15-7-4-8-16-42)30-37-54(56)55-38-35-48(40-57(55)58)59(46-31-25-43(26-32-46)22-21-41-13-5-3-6-14-41)47-33-27-44(28-34-47)29-36-53-51-19-11-9-17-49(51)50-18-10-12-20-52(50)53/h3-40,53H,1-2H3/b22-21+,24-23+,36-29+. The highest BCUT2D eigenvalue weighted by Crippen LogP contribution is 2.51. The number of fused-ring (bicyclic) bond motifs is 6. The highest BCUT2D eigenvalue weighted by Gasteiger charge is 2.36. The summed E-state index contributed by atoms with van der Waals surface area (Å²) in [4.78, 5) is 2.40. The Morgan fingerprint density at radius 1 is 0.356 bits per heavy atom. The summed E-state index contributed by atoms with van der Waals surface area (Å²) in [6.45, 7) is 4.74. The van der Waals surface area contributed by atoms with E-state index in [9.17, 15) is 0 Å². The van der Waals surface area contributed by atoms with Gasteiger partial charge in [-0.1, -0.05) is 208 Å². The van der Waals surface area contributed by atoms with Gasteiger partial charge in [0.05, 0.1) is 0 Å². The Kier molecular flexibility index (Phi) is 9.35. The first-order valence-electron chi connectivity index (χ1n) is 20.6. The summed E-state index contributed by atoms with van der Waals surface area (Å²) in [5.74, 6) is 0.239. The van der Waals surface area contributed by atoms with Crippen molar-refractivity contribution in [2.45, 2.75) is 25.2 Å². The molecule has 0 heterocycles. The van der Waals surface area contributed by atoms with Gasteiger partial charge in [-0.2, -0.15) is 0 Å². The van der Waals surface area contributed by atoms with Crippen LogP contribution in [0.1, 0.15) is 69.8 Å². The van der Waals surface area contributed by atoms with E-state index in [1.54, 1.807) is 0 Å². The molecule has 0 aliphatic heterocycles. The van der Waals surface area contributed by atoms with Crippen molar-refractivity contribution in [3.05, 3.63) is 250 Å². The third-order valence-corrected chi connectivity index (χ3v) is 12.1. The fraction of sp³-hybridized carbons (Fsp3) is 0.0690. The second-order valence-corrected chi connectivity index (χ2v) is 16.2. The second kappa shape index (κ2) is 15.3. The molecule has 282 valence electrons. The normalized spacial score (nSPS) is 13.8. The van der Waals surface area contributed by atoms with Crippen LogP contribution in [-0.2, 0) is 5.41 Å². The SMILES string of the molecule is CC1(C)c2cc(/C=C/c3ccccc3)ccc2-c2ccc(N(c3ccc(/C=C/c4ccccc4)cc3)c3ccc(/C=C/C4c5ccccc5-c5ccccc54)cc3)cc21. The van der Waals surface area contributed by atoms with Crippen LogP contribution < -0.4 is 4.90 Å². The largest absolute Gasteiger partial charge is 0.310 e. The van der Waals surface area contributed by atoms with Gasteiger partial charge in [0.2, 0.25) is 0 Å². The van der Waals surface area contributed by atoms with Gasteiger partial charge in [-0.15, -0.1) is 0 Å². The van der Waals surface area contributed by atoms with Crippen molar-refractivity contribution in [3.63, 3.8) is 0 Å². The highest BCUT2D eigenvalue weighted by molar-refractivity contribution is 5.87. The monoisotopic (exact) mass is 755 g/mol. The molecule has 0 radical (unpaired) electrons. The molecule has 0 N–H and O–H groups in total. The minimum atomic E-state index is -0.166. The van der Waals surface area contributed by atoms with E-state index in [1.807, 2.05) is 0 Å². The van der Waals surface area contributed by atoms with E-state index in [0.717, 1.165) is 22.6 Å². The molecule has 0 fully saturated rings. The summed E-state index contributed by atoms with van der Waals surface area (Å²) < 4.78 is 0. The zero-order chi connectivity index (χ0) is 39.8. The summed E-state index contributed by atoms with van der Waals surface area (Å²) in [6, 6.07) is 70.5. The number of rotatable bonds is 9. The average molecular weight is 756 g/mol. The van der Waals surface area contributed by atoms with E-state index in [4.69, 9.17) is 0 Å². The molecule has 0 aromatic heterocycles. The lowest BCUT2D eigenvalue weighted by Gasteiger charge is -2.28. The van der Waals surface area contributed by atoms with E-state index < -0.39 is 0 Å². The molecule has 10 rings (SSSR count). The van der Waals surface area contributed by atoms with Gasteiger partial charge in [0.25, 0.3) is 0 Å². The molecule has 59 heavy (non-hydrogen) atoms. The van der Waals surface area contributed by atoms with Crippen LogP contribution in [0.5, 0.6) is 0 Å². The number of allylic oxidation sites excluding steroid dienone is 1. The van der Waals surface area contributed by atoms with Crippen LogP contribution in [0, 0.1) is 0 Å². The lowest BCUT2D eigenvalue weighted by atomic mass is 9.81. The van der Waals surface area contributed by atoms with Crippen LogP contribution in [0.3, 0.4) is 0 Å². The van der Waals surface area contributed by atoms with Crippen molar-refractivity contribution in [2.24, 2.45) is 0 Å². The molecule has 0 amide bonds. The first-order chi connectivity index (χ1) is 29.0. The lowest BCUT2D eigenvalue weighted by Crippen LogP contribution is -2.16. The Hall–Kier alpha value is -7.22. The first kappa shape index (κ1) is 36.1. The summed E-state index contributed by atoms with van der Waals surface area (Å²) in [6.07, 6.45) is 13.4. The summed E-state index contributed by atoms with van der Waals surface area (Å²) in [5.41, 5.74) is 19.9. The van der Waals surface area contributed by atoms with Gasteiger partial charge in [-0.3, -0.25) is 0 Å². The Balaban J connectivity index is 0.987. The minimum Gasteiger partial charge on any atom is -0.310 e. The van der Waals surface area contributed by atoms with E-state index in [-0.39, 0.29) is 11.3 Å². The maximum Gasteiger partial charge on any atom is 0.0465 e. The Bertz CT molecular complexity index is 2830. The van der Waals surface area contributed by atoms with Crippen LogP contribution >= 0.6 is 0 Å². The fourth-order valence-corrected chi connectivity index (χ4v) is 9.02. The molecular weight excluding hydrogens is 711 g/mol. The molecule has 0 unspecified atom stereocenters. The molecular formula is C58H45N. The van der Waals surface area contributed by atoms with Gasteiger partial charge in [0.1, 0.15) is 0 Å².